The highest BCUT2D eigenvalue weighted by molar-refractivity contribution is 5.79. The Balaban J connectivity index is 0.761. The molecule has 1 aromatic heterocycles. The van der Waals surface area contributed by atoms with E-state index in [1.165, 1.54) is 44.5 Å². The molecule has 0 radical (unpaired) electrons. The van der Waals surface area contributed by atoms with Crippen LogP contribution < -0.4 is 5.69 Å². The number of benzene rings is 5. The van der Waals surface area contributed by atoms with Crippen LogP contribution in [0.25, 0.3) is 33.3 Å². The molecule has 6 aromatic rings. The number of para-hydroxylation sites is 2. The zero-order chi connectivity index (χ0) is 37.8. The topological polar surface area (TPSA) is 80.3 Å². The standard InChI is InChI=1S/C47H50N6O3/c54-33(29-48-21-25-50(26-22-48)45-39-15-5-1-11-35(39)36-12-2-6-16-40(36)45)31-52-43-19-9-10-20-44(43)53(47(52)56)32-34(55)30-49-23-27-51(28-24-49)46-41-17-7-3-13-37(41)38-14-4-8-18-42(38)46/h1-20,33-34,45-46,54-55H,21-32H2/t33-,34-/m0/s1. The Morgan fingerprint density at radius 3 is 1.07 bits per heavy atom. The second kappa shape index (κ2) is 14.9. The number of aliphatic hydroxyl groups is 2. The maximum Gasteiger partial charge on any atom is 0.329 e. The number of aliphatic hydroxyl groups excluding tert-OH is 2. The summed E-state index contributed by atoms with van der Waals surface area (Å²) in [5.74, 6) is 0. The maximum absolute atomic E-state index is 14.0. The molecule has 9 heteroatoms. The first-order valence-corrected chi connectivity index (χ1v) is 20.4. The van der Waals surface area contributed by atoms with Gasteiger partial charge in [0.05, 0.1) is 48.4 Å². The molecule has 2 atom stereocenters. The number of hydrogen-bond donors (Lipinski definition) is 2. The molecule has 2 fully saturated rings. The number of hydrogen-bond acceptors (Lipinski definition) is 7. The molecule has 2 saturated heterocycles. The zero-order valence-corrected chi connectivity index (χ0v) is 31.8. The fourth-order valence-electron chi connectivity index (χ4n) is 10.2. The third-order valence-corrected chi connectivity index (χ3v) is 12.8. The summed E-state index contributed by atoms with van der Waals surface area (Å²) in [6.07, 6.45) is -1.40. The van der Waals surface area contributed by atoms with Gasteiger partial charge in [0.25, 0.3) is 0 Å². The molecule has 0 bridgehead atoms. The van der Waals surface area contributed by atoms with Crippen LogP contribution in [-0.4, -0.2) is 117 Å². The predicted molar refractivity (Wildman–Crippen MR) is 222 cm³/mol. The van der Waals surface area contributed by atoms with Gasteiger partial charge in [-0.15, -0.1) is 0 Å². The molecule has 0 unspecified atom stereocenters. The first-order valence-electron chi connectivity index (χ1n) is 20.4. The number of imidazole rings is 1. The fraction of sp³-hybridized carbons (Fsp3) is 0.340. The average Bonchev–Trinajstić information content (AvgIpc) is 3.84. The molecule has 3 heterocycles. The van der Waals surface area contributed by atoms with Crippen molar-refractivity contribution in [3.8, 4) is 22.3 Å². The first-order chi connectivity index (χ1) is 27.5. The van der Waals surface area contributed by atoms with Crippen molar-refractivity contribution in [1.82, 2.24) is 28.7 Å². The largest absolute Gasteiger partial charge is 0.390 e. The summed E-state index contributed by atoms with van der Waals surface area (Å²) in [6.45, 7) is 8.50. The third kappa shape index (κ3) is 6.33. The van der Waals surface area contributed by atoms with Gasteiger partial charge in [-0.2, -0.15) is 0 Å². The van der Waals surface area contributed by atoms with Gasteiger partial charge >= 0.3 is 5.69 Å². The normalized spacial score (nSPS) is 19.2. The first kappa shape index (κ1) is 35.5. The number of nitrogens with zero attached hydrogens (tertiary/aromatic N) is 6. The van der Waals surface area contributed by atoms with Gasteiger partial charge in [-0.3, -0.25) is 28.7 Å². The van der Waals surface area contributed by atoms with Crippen molar-refractivity contribution >= 4 is 11.0 Å². The van der Waals surface area contributed by atoms with Crippen molar-refractivity contribution in [1.29, 1.82) is 0 Å². The summed E-state index contributed by atoms with van der Waals surface area (Å²) in [5.41, 5.74) is 12.2. The molecule has 4 aliphatic rings. The van der Waals surface area contributed by atoms with Gasteiger partial charge < -0.3 is 10.2 Å². The smallest absolute Gasteiger partial charge is 0.329 e. The number of β-amino-alcohol motifs (C(OH)–C–C–N with tert-alkyl or cyclic N) is 2. The van der Waals surface area contributed by atoms with Gasteiger partial charge in [-0.05, 0) is 56.6 Å². The minimum Gasteiger partial charge on any atom is -0.390 e. The van der Waals surface area contributed by atoms with E-state index < -0.39 is 12.2 Å². The SMILES string of the molecule is O=c1n(C[C@@H](O)CN2CCN(C3c4ccccc4-c4ccccc43)CC2)c2ccccc2n1C[C@@H](O)CN1CCN(C2c3ccccc3-c3ccccc32)CC1. The summed E-state index contributed by atoms with van der Waals surface area (Å²) in [4.78, 5) is 23.8. The minimum atomic E-state index is -0.702. The Morgan fingerprint density at radius 1 is 0.429 bits per heavy atom. The lowest BCUT2D eigenvalue weighted by Crippen LogP contribution is -2.50. The quantitative estimate of drug-likeness (QED) is 0.197. The van der Waals surface area contributed by atoms with Crippen LogP contribution in [-0.2, 0) is 13.1 Å². The van der Waals surface area contributed by atoms with Crippen LogP contribution in [0.15, 0.2) is 126 Å². The van der Waals surface area contributed by atoms with E-state index >= 15 is 0 Å². The van der Waals surface area contributed by atoms with Crippen LogP contribution >= 0.6 is 0 Å². The summed E-state index contributed by atoms with van der Waals surface area (Å²) in [6, 6.07) is 43.3. The summed E-state index contributed by atoms with van der Waals surface area (Å²) >= 11 is 0. The number of fused-ring (bicyclic) bond motifs is 7. The lowest BCUT2D eigenvalue weighted by Gasteiger charge is -2.39. The molecule has 0 saturated carbocycles. The van der Waals surface area contributed by atoms with Crippen LogP contribution in [0.4, 0.5) is 0 Å². The van der Waals surface area contributed by atoms with Crippen molar-refractivity contribution < 1.29 is 10.2 Å². The monoisotopic (exact) mass is 746 g/mol. The number of piperazine rings is 2. The van der Waals surface area contributed by atoms with Gasteiger partial charge in [-0.25, -0.2) is 4.79 Å². The van der Waals surface area contributed by atoms with E-state index in [2.05, 4.69) is 117 Å². The summed E-state index contributed by atoms with van der Waals surface area (Å²) < 4.78 is 3.40. The van der Waals surface area contributed by atoms with Gasteiger partial charge in [0.1, 0.15) is 0 Å². The number of aromatic nitrogens is 2. The molecule has 9 nitrogen and oxygen atoms in total. The van der Waals surface area contributed by atoms with E-state index in [1.54, 1.807) is 9.13 Å². The fourth-order valence-corrected chi connectivity index (χ4v) is 10.2. The van der Waals surface area contributed by atoms with Crippen molar-refractivity contribution in [3.05, 3.63) is 154 Å². The molecular weight excluding hydrogens is 697 g/mol. The molecule has 5 aromatic carbocycles. The highest BCUT2D eigenvalue weighted by atomic mass is 16.3. The van der Waals surface area contributed by atoms with Crippen LogP contribution in [0.2, 0.25) is 0 Å². The third-order valence-electron chi connectivity index (χ3n) is 12.8. The van der Waals surface area contributed by atoms with E-state index in [1.807, 2.05) is 24.3 Å². The minimum absolute atomic E-state index is 0.184. The Kier molecular flexibility index (Phi) is 9.45. The molecule has 56 heavy (non-hydrogen) atoms. The van der Waals surface area contributed by atoms with Crippen LogP contribution in [0.5, 0.6) is 0 Å². The van der Waals surface area contributed by atoms with Crippen molar-refractivity contribution in [2.24, 2.45) is 0 Å². The number of rotatable bonds is 10. The molecule has 2 aliphatic heterocycles. The second-order valence-corrected chi connectivity index (χ2v) is 16.1. The predicted octanol–water partition coefficient (Wildman–Crippen LogP) is 5.30. The van der Waals surface area contributed by atoms with Crippen molar-refractivity contribution in [3.63, 3.8) is 0 Å². The lowest BCUT2D eigenvalue weighted by molar-refractivity contribution is 0.0541. The van der Waals surface area contributed by atoms with Gasteiger partial charge in [0.2, 0.25) is 0 Å². The Morgan fingerprint density at radius 2 is 0.732 bits per heavy atom. The van der Waals surface area contributed by atoms with Gasteiger partial charge in [0, 0.05) is 65.4 Å². The van der Waals surface area contributed by atoms with E-state index in [9.17, 15) is 15.0 Å². The second-order valence-electron chi connectivity index (χ2n) is 16.1. The molecular formula is C47H50N6O3. The Bertz CT molecular complexity index is 2170. The molecule has 2 aliphatic carbocycles. The molecule has 0 spiro atoms. The maximum atomic E-state index is 14.0. The van der Waals surface area contributed by atoms with Crippen molar-refractivity contribution in [2.45, 2.75) is 37.4 Å². The van der Waals surface area contributed by atoms with Gasteiger partial charge in [-0.1, -0.05) is 109 Å². The molecule has 2 N–H and O–H groups in total. The average molecular weight is 747 g/mol. The van der Waals surface area contributed by atoms with Gasteiger partial charge in [0.15, 0.2) is 0 Å². The van der Waals surface area contributed by atoms with Crippen molar-refractivity contribution in [2.75, 3.05) is 65.4 Å². The zero-order valence-electron chi connectivity index (χ0n) is 31.8. The highest BCUT2D eigenvalue weighted by Crippen LogP contribution is 2.47. The van der Waals surface area contributed by atoms with Crippen LogP contribution in [0, 0.1) is 0 Å². The Hall–Kier alpha value is -4.87. The molecule has 10 rings (SSSR count). The van der Waals surface area contributed by atoms with Crippen LogP contribution in [0.3, 0.4) is 0 Å². The summed E-state index contributed by atoms with van der Waals surface area (Å²) in [5, 5.41) is 22.8. The van der Waals surface area contributed by atoms with E-state index in [4.69, 9.17) is 0 Å². The molecule has 286 valence electrons. The highest BCUT2D eigenvalue weighted by Gasteiger charge is 2.36. The Labute approximate surface area is 328 Å². The van der Waals surface area contributed by atoms with Crippen LogP contribution in [0.1, 0.15) is 34.3 Å². The summed E-state index contributed by atoms with van der Waals surface area (Å²) in [7, 11) is 0. The van der Waals surface area contributed by atoms with E-state index in [0.29, 0.717) is 13.1 Å². The lowest BCUT2D eigenvalue weighted by atomic mass is 10.0. The molecule has 0 amide bonds. The van der Waals surface area contributed by atoms with E-state index in [0.717, 1.165) is 63.4 Å². The van der Waals surface area contributed by atoms with E-state index in [-0.39, 0.29) is 30.9 Å².